The first-order valence-electron chi connectivity index (χ1n) is 12.2. The molecule has 0 aromatic heterocycles. The van der Waals surface area contributed by atoms with E-state index in [9.17, 15) is 8.42 Å². The zero-order valence-corrected chi connectivity index (χ0v) is 22.4. The van der Waals surface area contributed by atoms with E-state index in [0.717, 1.165) is 27.0 Å². The first kappa shape index (κ1) is 25.1. The Bertz CT molecular complexity index is 1470. The Morgan fingerprint density at radius 2 is 0.919 bits per heavy atom. The SMILES string of the molecule is Cc1ccc(S(=O)(=O)OP(Cc2ccccc2)(c2ccccc2)(c2ccccc2)c2ccccc2)cc1. The van der Waals surface area contributed by atoms with Crippen molar-refractivity contribution in [2.75, 3.05) is 0 Å². The van der Waals surface area contributed by atoms with Crippen LogP contribution in [0.3, 0.4) is 0 Å². The quantitative estimate of drug-likeness (QED) is 0.222. The standard InChI is InChI=1S/C32H29O3PS/c1-27-22-24-32(25-23-27)37(33,34)35-36(29-16-8-3-9-17-29,30-18-10-4-11-19-30,31-20-12-5-13-21-31)26-28-14-6-2-7-15-28/h2-25H,26H2,1H3. The van der Waals surface area contributed by atoms with Crippen molar-refractivity contribution in [1.29, 1.82) is 0 Å². The third-order valence-electron chi connectivity index (χ3n) is 6.81. The molecule has 0 bridgehead atoms. The summed E-state index contributed by atoms with van der Waals surface area (Å²) in [5.41, 5.74) is 1.98. The topological polar surface area (TPSA) is 43.4 Å². The first-order valence-corrected chi connectivity index (χ1v) is 15.9. The van der Waals surface area contributed by atoms with E-state index in [0.29, 0.717) is 6.16 Å². The van der Waals surface area contributed by atoms with Gasteiger partial charge in [-0.3, -0.25) is 0 Å². The molecule has 0 radical (unpaired) electrons. The van der Waals surface area contributed by atoms with E-state index in [2.05, 4.69) is 0 Å². The number of benzene rings is 5. The molecule has 5 aromatic rings. The molecule has 0 fully saturated rings. The average Bonchev–Trinajstić information content (AvgIpc) is 2.95. The molecule has 0 unspecified atom stereocenters. The average molecular weight is 525 g/mol. The fourth-order valence-corrected chi connectivity index (χ4v) is 13.6. The maximum absolute atomic E-state index is 14.3. The molecule has 0 aliphatic carbocycles. The molecule has 0 atom stereocenters. The monoisotopic (exact) mass is 524 g/mol. The molecule has 3 nitrogen and oxygen atoms in total. The Balaban J connectivity index is 1.94. The van der Waals surface area contributed by atoms with Gasteiger partial charge in [-0.15, -0.1) is 0 Å². The van der Waals surface area contributed by atoms with Crippen molar-refractivity contribution in [3.8, 4) is 0 Å². The van der Waals surface area contributed by atoms with Crippen molar-refractivity contribution >= 4 is 32.9 Å². The van der Waals surface area contributed by atoms with Crippen LogP contribution in [0.4, 0.5) is 0 Å². The molecule has 0 aliphatic rings. The Labute approximate surface area is 219 Å². The second-order valence-electron chi connectivity index (χ2n) is 9.20. The molecule has 5 rings (SSSR count). The Kier molecular flexibility index (Phi) is 6.83. The third kappa shape index (κ3) is 4.53. The summed E-state index contributed by atoms with van der Waals surface area (Å²) in [5.74, 6) is 0. The van der Waals surface area contributed by atoms with Gasteiger partial charge in [-0.1, -0.05) is 0 Å². The van der Waals surface area contributed by atoms with Crippen LogP contribution in [0, 0.1) is 6.92 Å². The molecule has 0 spiro atoms. The molecule has 0 heterocycles. The van der Waals surface area contributed by atoms with Gasteiger partial charge in [-0.05, 0) is 0 Å². The zero-order valence-electron chi connectivity index (χ0n) is 20.6. The summed E-state index contributed by atoms with van der Waals surface area (Å²) in [6, 6.07) is 46.5. The Morgan fingerprint density at radius 3 is 1.32 bits per heavy atom. The van der Waals surface area contributed by atoms with E-state index in [1.54, 1.807) is 24.3 Å². The van der Waals surface area contributed by atoms with Crippen molar-refractivity contribution in [1.82, 2.24) is 0 Å². The number of hydrogen-bond acceptors (Lipinski definition) is 3. The summed E-state index contributed by atoms with van der Waals surface area (Å²) in [7, 11) is -4.20. The molecule has 5 heteroatoms. The van der Waals surface area contributed by atoms with Gasteiger partial charge in [-0.2, -0.15) is 0 Å². The van der Waals surface area contributed by atoms with Crippen molar-refractivity contribution in [3.05, 3.63) is 157 Å². The van der Waals surface area contributed by atoms with Crippen LogP contribution >= 0.6 is 6.83 Å². The van der Waals surface area contributed by atoms with E-state index in [4.69, 9.17) is 3.97 Å². The summed E-state index contributed by atoms with van der Waals surface area (Å²) in [6.07, 6.45) is 0.384. The number of rotatable bonds is 8. The molecule has 0 aliphatic heterocycles. The maximum atomic E-state index is 14.3. The predicted octanol–water partition coefficient (Wildman–Crippen LogP) is 6.35. The molecular weight excluding hydrogens is 495 g/mol. The molecular formula is C32H29O3PS. The van der Waals surface area contributed by atoms with E-state index in [1.165, 1.54) is 0 Å². The van der Waals surface area contributed by atoms with Crippen LogP contribution in [0.15, 0.2) is 150 Å². The summed E-state index contributed by atoms with van der Waals surface area (Å²) < 4.78 is 35.5. The van der Waals surface area contributed by atoms with E-state index in [1.807, 2.05) is 128 Å². The van der Waals surface area contributed by atoms with E-state index < -0.39 is 16.9 Å². The van der Waals surface area contributed by atoms with Gasteiger partial charge in [0.15, 0.2) is 0 Å². The minimum atomic E-state index is -4.20. The molecule has 0 N–H and O–H groups in total. The molecule has 0 saturated carbocycles. The van der Waals surface area contributed by atoms with Crippen molar-refractivity contribution < 1.29 is 12.4 Å². The fraction of sp³-hybridized carbons (Fsp3) is 0.0625. The van der Waals surface area contributed by atoms with Gasteiger partial charge < -0.3 is 0 Å². The second kappa shape index (κ2) is 10.1. The first-order chi connectivity index (χ1) is 17.9. The van der Waals surface area contributed by atoms with Crippen LogP contribution in [0.25, 0.3) is 0 Å². The van der Waals surface area contributed by atoms with Crippen molar-refractivity contribution in [3.63, 3.8) is 0 Å². The number of hydrogen-bond donors (Lipinski definition) is 0. The van der Waals surface area contributed by atoms with Gasteiger partial charge >= 0.3 is 220 Å². The Morgan fingerprint density at radius 1 is 0.541 bits per heavy atom. The zero-order chi connectivity index (χ0) is 25.8. The van der Waals surface area contributed by atoms with Gasteiger partial charge in [0.1, 0.15) is 0 Å². The third-order valence-corrected chi connectivity index (χ3v) is 14.9. The van der Waals surface area contributed by atoms with Gasteiger partial charge in [0.05, 0.1) is 0 Å². The van der Waals surface area contributed by atoms with Crippen LogP contribution in [-0.4, -0.2) is 8.42 Å². The van der Waals surface area contributed by atoms with Gasteiger partial charge in [-0.25, -0.2) is 0 Å². The molecule has 0 saturated heterocycles. The van der Waals surface area contributed by atoms with E-state index >= 15 is 0 Å². The van der Waals surface area contributed by atoms with E-state index in [-0.39, 0.29) is 4.90 Å². The Hall–Kier alpha value is -3.56. The van der Waals surface area contributed by atoms with Crippen molar-refractivity contribution in [2.24, 2.45) is 0 Å². The molecule has 5 aromatic carbocycles. The predicted molar refractivity (Wildman–Crippen MR) is 155 cm³/mol. The summed E-state index contributed by atoms with van der Waals surface area (Å²) in [5, 5.41) is 2.56. The van der Waals surface area contributed by atoms with Gasteiger partial charge in [0.2, 0.25) is 0 Å². The van der Waals surface area contributed by atoms with Crippen LogP contribution in [-0.2, 0) is 20.3 Å². The summed E-state index contributed by atoms with van der Waals surface area (Å²) in [6.45, 7) is -2.23. The van der Waals surface area contributed by atoms with Gasteiger partial charge in [0.25, 0.3) is 0 Å². The number of aryl methyl sites for hydroxylation is 1. The fourth-order valence-electron chi connectivity index (χ4n) is 5.00. The molecule has 186 valence electrons. The molecule has 0 amide bonds. The summed E-state index contributed by atoms with van der Waals surface area (Å²) >= 11 is 0. The van der Waals surface area contributed by atoms with Gasteiger partial charge in [0, 0.05) is 0 Å². The van der Waals surface area contributed by atoms with Crippen LogP contribution in [0.5, 0.6) is 0 Å². The summed E-state index contributed by atoms with van der Waals surface area (Å²) in [4.78, 5) is 0.142. The second-order valence-corrected chi connectivity index (χ2v) is 15.5. The van der Waals surface area contributed by atoms with Crippen LogP contribution < -0.4 is 15.9 Å². The normalized spacial score (nSPS) is 12.9. The minimum absolute atomic E-state index is 0.142. The van der Waals surface area contributed by atoms with Crippen LogP contribution in [0.2, 0.25) is 0 Å². The molecule has 37 heavy (non-hydrogen) atoms. The van der Waals surface area contributed by atoms with Crippen molar-refractivity contribution in [2.45, 2.75) is 18.0 Å². The van der Waals surface area contributed by atoms with Crippen LogP contribution in [0.1, 0.15) is 11.1 Å².